The Morgan fingerprint density at radius 1 is 1.19 bits per heavy atom. The number of amides is 3. The van der Waals surface area contributed by atoms with Gasteiger partial charge in [0.25, 0.3) is 11.8 Å². The van der Waals surface area contributed by atoms with E-state index in [4.69, 9.17) is 18.0 Å². The van der Waals surface area contributed by atoms with Gasteiger partial charge in [-0.2, -0.15) is 0 Å². The zero-order valence-corrected chi connectivity index (χ0v) is 15.6. The molecule has 1 aromatic rings. The molecular weight excluding hydrogens is 374 g/mol. The van der Waals surface area contributed by atoms with Crippen molar-refractivity contribution < 1.29 is 19.2 Å². The standard InChI is InChI=1S/C17H15N3O4S2/c1-9(21)13(15(18)23)8-20-16(24)14(26-17(20)25)7-11-3-5-12(6-4-11)19-10(2)22/h3-8H,1-2H3,(H2,18,23)(H,19,22)/b13-8-,14-7-. The Kier molecular flexibility index (Phi) is 6.06. The molecule has 0 spiro atoms. The number of carbonyl (C=O) groups excluding carboxylic acids is 4. The number of nitrogens with two attached hydrogens (primary N) is 1. The lowest BCUT2D eigenvalue weighted by molar-refractivity contribution is -0.120. The third-order valence-electron chi connectivity index (χ3n) is 3.26. The van der Waals surface area contributed by atoms with Crippen molar-refractivity contribution in [3.8, 4) is 0 Å². The van der Waals surface area contributed by atoms with Crippen molar-refractivity contribution in [3.05, 3.63) is 46.5 Å². The second kappa shape index (κ2) is 8.07. The van der Waals surface area contributed by atoms with E-state index in [0.717, 1.165) is 28.4 Å². The number of benzene rings is 1. The summed E-state index contributed by atoms with van der Waals surface area (Å²) in [6.45, 7) is 2.59. The third-order valence-corrected chi connectivity index (χ3v) is 4.59. The minimum atomic E-state index is -0.927. The number of carbonyl (C=O) groups is 4. The highest BCUT2D eigenvalue weighted by molar-refractivity contribution is 8.26. The normalized spacial score (nSPS) is 16.2. The maximum atomic E-state index is 12.5. The lowest BCUT2D eigenvalue weighted by Gasteiger charge is -2.09. The molecule has 0 atom stereocenters. The zero-order valence-electron chi connectivity index (χ0n) is 13.9. The molecule has 9 heteroatoms. The second-order valence-corrected chi connectivity index (χ2v) is 6.99. The van der Waals surface area contributed by atoms with Gasteiger partial charge in [0.05, 0.1) is 10.5 Å². The van der Waals surface area contributed by atoms with Crippen molar-refractivity contribution in [2.24, 2.45) is 5.73 Å². The van der Waals surface area contributed by atoms with Crippen molar-refractivity contribution in [1.29, 1.82) is 0 Å². The van der Waals surface area contributed by atoms with Crippen LogP contribution in [0.15, 0.2) is 40.9 Å². The van der Waals surface area contributed by atoms with Crippen molar-refractivity contribution >= 4 is 63.6 Å². The van der Waals surface area contributed by atoms with E-state index in [9.17, 15) is 19.2 Å². The van der Waals surface area contributed by atoms with Gasteiger partial charge in [0.1, 0.15) is 0 Å². The summed E-state index contributed by atoms with van der Waals surface area (Å²) in [6, 6.07) is 6.87. The number of nitrogens with one attached hydrogen (secondary N) is 1. The summed E-state index contributed by atoms with van der Waals surface area (Å²) >= 11 is 6.19. The topological polar surface area (TPSA) is 110 Å². The molecule has 0 aromatic heterocycles. The molecule has 0 bridgehead atoms. The maximum absolute atomic E-state index is 12.5. The molecule has 0 saturated carbocycles. The van der Waals surface area contributed by atoms with Crippen LogP contribution >= 0.6 is 24.0 Å². The van der Waals surface area contributed by atoms with E-state index in [1.54, 1.807) is 30.3 Å². The Hall–Kier alpha value is -2.78. The van der Waals surface area contributed by atoms with Crippen LogP contribution in [0, 0.1) is 0 Å². The van der Waals surface area contributed by atoms with E-state index in [1.165, 1.54) is 13.8 Å². The van der Waals surface area contributed by atoms with Crippen molar-refractivity contribution in [2.75, 3.05) is 5.32 Å². The molecule has 7 nitrogen and oxygen atoms in total. The minimum absolute atomic E-state index is 0.180. The van der Waals surface area contributed by atoms with Crippen LogP contribution in [0.1, 0.15) is 19.4 Å². The quantitative estimate of drug-likeness (QED) is 0.344. The number of hydrogen-bond donors (Lipinski definition) is 2. The van der Waals surface area contributed by atoms with E-state index in [-0.39, 0.29) is 15.8 Å². The molecule has 3 N–H and O–H groups in total. The molecule has 1 aliphatic rings. The molecule has 1 aliphatic heterocycles. The molecular formula is C17H15N3O4S2. The smallest absolute Gasteiger partial charge is 0.270 e. The Morgan fingerprint density at radius 3 is 2.31 bits per heavy atom. The monoisotopic (exact) mass is 389 g/mol. The van der Waals surface area contributed by atoms with Gasteiger partial charge in [-0.05, 0) is 30.7 Å². The van der Waals surface area contributed by atoms with Crippen molar-refractivity contribution in [3.63, 3.8) is 0 Å². The molecule has 134 valence electrons. The van der Waals surface area contributed by atoms with Gasteiger partial charge in [0.15, 0.2) is 10.1 Å². The fourth-order valence-electron chi connectivity index (χ4n) is 2.07. The minimum Gasteiger partial charge on any atom is -0.365 e. The largest absolute Gasteiger partial charge is 0.365 e. The van der Waals surface area contributed by atoms with Crippen LogP contribution in [-0.4, -0.2) is 32.7 Å². The SMILES string of the molecule is CC(=O)Nc1ccc(/C=C2\SC(=S)N(/C=C(/C(C)=O)C(N)=O)C2=O)cc1. The summed E-state index contributed by atoms with van der Waals surface area (Å²) in [7, 11) is 0. The van der Waals surface area contributed by atoms with E-state index in [0.29, 0.717) is 10.6 Å². The number of rotatable bonds is 5. The van der Waals surface area contributed by atoms with Crippen LogP contribution in [0.5, 0.6) is 0 Å². The van der Waals surface area contributed by atoms with Gasteiger partial charge in [-0.3, -0.25) is 24.1 Å². The lowest BCUT2D eigenvalue weighted by atomic mass is 10.2. The van der Waals surface area contributed by atoms with Gasteiger partial charge < -0.3 is 11.1 Å². The molecule has 2 rings (SSSR count). The number of thiocarbonyl (C=S) groups is 1. The van der Waals surface area contributed by atoms with E-state index in [1.807, 2.05) is 0 Å². The van der Waals surface area contributed by atoms with Gasteiger partial charge >= 0.3 is 0 Å². The summed E-state index contributed by atoms with van der Waals surface area (Å²) in [5.41, 5.74) is 6.21. The highest BCUT2D eigenvalue weighted by Crippen LogP contribution is 2.33. The van der Waals surface area contributed by atoms with Crippen molar-refractivity contribution in [2.45, 2.75) is 13.8 Å². The molecule has 26 heavy (non-hydrogen) atoms. The Labute approximate surface area is 159 Å². The number of hydrogen-bond acceptors (Lipinski definition) is 6. The van der Waals surface area contributed by atoms with Crippen LogP contribution in [-0.2, 0) is 19.2 Å². The summed E-state index contributed by atoms with van der Waals surface area (Å²) in [4.78, 5) is 47.7. The van der Waals surface area contributed by atoms with Crippen molar-refractivity contribution in [1.82, 2.24) is 4.90 Å². The second-order valence-electron chi connectivity index (χ2n) is 5.32. The fourth-order valence-corrected chi connectivity index (χ4v) is 3.27. The first-order valence-electron chi connectivity index (χ1n) is 7.36. The van der Waals surface area contributed by atoms with E-state index < -0.39 is 17.6 Å². The predicted molar refractivity (Wildman–Crippen MR) is 104 cm³/mol. The number of thioether (sulfide) groups is 1. The maximum Gasteiger partial charge on any atom is 0.270 e. The summed E-state index contributed by atoms with van der Waals surface area (Å²) < 4.78 is 0.191. The first-order valence-corrected chi connectivity index (χ1v) is 8.59. The lowest BCUT2D eigenvalue weighted by Crippen LogP contribution is -2.27. The molecule has 0 radical (unpaired) electrons. The highest BCUT2D eigenvalue weighted by Gasteiger charge is 2.32. The number of anilines is 1. The molecule has 0 aliphatic carbocycles. The number of primary amides is 1. The molecule has 1 fully saturated rings. The van der Waals surface area contributed by atoms with Gasteiger partial charge in [0.2, 0.25) is 5.91 Å². The van der Waals surface area contributed by atoms with Crippen LogP contribution < -0.4 is 11.1 Å². The zero-order chi connectivity index (χ0) is 19.4. The summed E-state index contributed by atoms with van der Waals surface area (Å²) in [5, 5.41) is 2.65. The van der Waals surface area contributed by atoms with E-state index >= 15 is 0 Å². The highest BCUT2D eigenvalue weighted by atomic mass is 32.2. The first kappa shape index (κ1) is 19.5. The van der Waals surface area contributed by atoms with Crippen LogP contribution in [0.25, 0.3) is 6.08 Å². The van der Waals surface area contributed by atoms with Crippen LogP contribution in [0.3, 0.4) is 0 Å². The van der Waals surface area contributed by atoms with Gasteiger partial charge in [-0.15, -0.1) is 0 Å². The molecule has 3 amide bonds. The van der Waals surface area contributed by atoms with E-state index in [2.05, 4.69) is 5.32 Å². The molecule has 1 aromatic carbocycles. The number of nitrogens with zero attached hydrogens (tertiary/aromatic N) is 1. The Morgan fingerprint density at radius 2 is 1.81 bits per heavy atom. The van der Waals surface area contributed by atoms with Gasteiger partial charge in [0, 0.05) is 18.8 Å². The number of Topliss-reactive ketones (excluding diaryl/α,β-unsaturated/α-hetero) is 1. The fraction of sp³-hybridized carbons (Fsp3) is 0.118. The first-order chi connectivity index (χ1) is 12.2. The Balaban J connectivity index is 2.26. The third kappa shape index (κ3) is 4.64. The average Bonchev–Trinajstić information content (AvgIpc) is 2.80. The average molecular weight is 389 g/mol. The van der Waals surface area contributed by atoms with Gasteiger partial charge in [-0.1, -0.05) is 36.1 Å². The molecule has 1 saturated heterocycles. The van der Waals surface area contributed by atoms with Gasteiger partial charge in [-0.25, -0.2) is 0 Å². The molecule has 1 heterocycles. The number of ketones is 1. The molecule has 0 unspecified atom stereocenters. The van der Waals surface area contributed by atoms with Crippen LogP contribution in [0.4, 0.5) is 5.69 Å². The van der Waals surface area contributed by atoms with Crippen LogP contribution in [0.2, 0.25) is 0 Å². The Bertz CT molecular complexity index is 856. The predicted octanol–water partition coefficient (Wildman–Crippen LogP) is 1.80. The summed E-state index contributed by atoms with van der Waals surface area (Å²) in [5.74, 6) is -2.11. The summed E-state index contributed by atoms with van der Waals surface area (Å²) in [6.07, 6.45) is 2.70.